The summed E-state index contributed by atoms with van der Waals surface area (Å²) in [6.45, 7) is 3.30. The molecule has 3 atom stereocenters. The molecule has 0 spiro atoms. The van der Waals surface area contributed by atoms with E-state index in [1.165, 1.54) is 17.7 Å². The molecule has 4 nitrogen and oxygen atoms in total. The molecule has 4 rings (SSSR count). The lowest BCUT2D eigenvalue weighted by Crippen LogP contribution is -2.24. The minimum absolute atomic E-state index is 0.329. The standard InChI is InChI=1S/C17H21N3O/c1-11-9-14(11)15-10-17-18-8-7-16(20(17)19-15)12-3-5-13(21-2)6-4-12/h3-6,10-11,14,16,18H,7-9H2,1-2H3. The molecule has 1 N–H and O–H groups in total. The summed E-state index contributed by atoms with van der Waals surface area (Å²) in [6.07, 6.45) is 2.35. The summed E-state index contributed by atoms with van der Waals surface area (Å²) in [4.78, 5) is 0. The molecule has 0 bridgehead atoms. The van der Waals surface area contributed by atoms with Crippen LogP contribution in [-0.2, 0) is 0 Å². The van der Waals surface area contributed by atoms with Crippen molar-refractivity contribution in [1.29, 1.82) is 0 Å². The fourth-order valence-electron chi connectivity index (χ4n) is 3.29. The van der Waals surface area contributed by atoms with Gasteiger partial charge in [0.1, 0.15) is 11.6 Å². The lowest BCUT2D eigenvalue weighted by molar-refractivity contribution is 0.413. The first-order valence-corrected chi connectivity index (χ1v) is 7.73. The van der Waals surface area contributed by atoms with Crippen LogP contribution in [0.15, 0.2) is 30.3 Å². The van der Waals surface area contributed by atoms with Crippen LogP contribution in [0.4, 0.5) is 5.82 Å². The van der Waals surface area contributed by atoms with Gasteiger partial charge in [0.25, 0.3) is 0 Å². The monoisotopic (exact) mass is 283 g/mol. The fourth-order valence-corrected chi connectivity index (χ4v) is 3.29. The molecule has 3 unspecified atom stereocenters. The van der Waals surface area contributed by atoms with Crippen LogP contribution in [-0.4, -0.2) is 23.4 Å². The average molecular weight is 283 g/mol. The average Bonchev–Trinajstić information content (AvgIpc) is 3.10. The van der Waals surface area contributed by atoms with Crippen LogP contribution in [0.5, 0.6) is 5.75 Å². The Morgan fingerprint density at radius 1 is 1.29 bits per heavy atom. The van der Waals surface area contributed by atoms with E-state index in [-0.39, 0.29) is 0 Å². The first kappa shape index (κ1) is 12.7. The van der Waals surface area contributed by atoms with Gasteiger partial charge in [0.2, 0.25) is 0 Å². The summed E-state index contributed by atoms with van der Waals surface area (Å²) in [5.74, 6) is 3.53. The predicted molar refractivity (Wildman–Crippen MR) is 83.0 cm³/mol. The van der Waals surface area contributed by atoms with Crippen molar-refractivity contribution in [3.63, 3.8) is 0 Å². The maximum atomic E-state index is 5.25. The molecule has 2 heterocycles. The second kappa shape index (κ2) is 4.79. The first-order chi connectivity index (χ1) is 10.3. The third-order valence-electron chi connectivity index (χ3n) is 4.76. The highest BCUT2D eigenvalue weighted by Crippen LogP contribution is 2.47. The summed E-state index contributed by atoms with van der Waals surface area (Å²) in [6, 6.07) is 10.9. The molecule has 1 aromatic heterocycles. The number of benzene rings is 1. The van der Waals surface area contributed by atoms with Crippen LogP contribution in [0, 0.1) is 5.92 Å². The van der Waals surface area contributed by atoms with E-state index in [1.807, 2.05) is 12.1 Å². The van der Waals surface area contributed by atoms with Crippen molar-refractivity contribution in [1.82, 2.24) is 9.78 Å². The summed E-state index contributed by atoms with van der Waals surface area (Å²) in [5, 5.41) is 8.37. The van der Waals surface area contributed by atoms with Gasteiger partial charge < -0.3 is 10.1 Å². The van der Waals surface area contributed by atoms with Gasteiger partial charge in [-0.05, 0) is 36.5 Å². The van der Waals surface area contributed by atoms with Crippen molar-refractivity contribution >= 4 is 5.82 Å². The zero-order valence-corrected chi connectivity index (χ0v) is 12.5. The maximum absolute atomic E-state index is 5.25. The fraction of sp³-hybridized carbons (Fsp3) is 0.471. The Bertz CT molecular complexity index is 647. The summed E-state index contributed by atoms with van der Waals surface area (Å²) in [5.41, 5.74) is 2.56. The van der Waals surface area contributed by atoms with Crippen LogP contribution in [0.25, 0.3) is 0 Å². The number of hydrogen-bond donors (Lipinski definition) is 1. The third kappa shape index (κ3) is 2.19. The number of nitrogens with one attached hydrogen (secondary N) is 1. The Morgan fingerprint density at radius 2 is 2.05 bits per heavy atom. The Hall–Kier alpha value is -1.97. The first-order valence-electron chi connectivity index (χ1n) is 7.73. The van der Waals surface area contributed by atoms with E-state index in [2.05, 4.69) is 35.1 Å². The molecule has 1 fully saturated rings. The van der Waals surface area contributed by atoms with Crippen molar-refractivity contribution < 1.29 is 4.74 Å². The topological polar surface area (TPSA) is 39.1 Å². The van der Waals surface area contributed by atoms with E-state index in [1.54, 1.807) is 7.11 Å². The van der Waals surface area contributed by atoms with Gasteiger partial charge in [-0.2, -0.15) is 5.10 Å². The smallest absolute Gasteiger partial charge is 0.125 e. The third-order valence-corrected chi connectivity index (χ3v) is 4.76. The van der Waals surface area contributed by atoms with Gasteiger partial charge in [0.15, 0.2) is 0 Å². The highest BCUT2D eigenvalue weighted by molar-refractivity contribution is 5.43. The Labute approximate surface area is 125 Å². The van der Waals surface area contributed by atoms with Crippen LogP contribution in [0.2, 0.25) is 0 Å². The lowest BCUT2D eigenvalue weighted by atomic mass is 10.0. The summed E-state index contributed by atoms with van der Waals surface area (Å²) in [7, 11) is 1.70. The van der Waals surface area contributed by atoms with Gasteiger partial charge in [-0.25, -0.2) is 4.68 Å². The number of fused-ring (bicyclic) bond motifs is 1. The highest BCUT2D eigenvalue weighted by atomic mass is 16.5. The molecule has 2 aliphatic rings. The maximum Gasteiger partial charge on any atom is 0.125 e. The van der Waals surface area contributed by atoms with E-state index in [4.69, 9.17) is 9.84 Å². The van der Waals surface area contributed by atoms with Crippen molar-refractivity contribution in [2.45, 2.75) is 31.7 Å². The molecule has 1 aliphatic carbocycles. The van der Waals surface area contributed by atoms with E-state index in [0.717, 1.165) is 30.5 Å². The second-order valence-electron chi connectivity index (χ2n) is 6.22. The quantitative estimate of drug-likeness (QED) is 0.938. The minimum Gasteiger partial charge on any atom is -0.497 e. The number of anilines is 1. The number of ether oxygens (including phenoxy) is 1. The van der Waals surface area contributed by atoms with Crippen molar-refractivity contribution in [2.75, 3.05) is 19.0 Å². The summed E-state index contributed by atoms with van der Waals surface area (Å²) < 4.78 is 7.42. The molecule has 1 aromatic carbocycles. The molecule has 21 heavy (non-hydrogen) atoms. The molecular formula is C17H21N3O. The van der Waals surface area contributed by atoms with Crippen molar-refractivity contribution in [3.05, 3.63) is 41.6 Å². The Balaban J connectivity index is 1.67. The van der Waals surface area contributed by atoms with Gasteiger partial charge in [-0.15, -0.1) is 0 Å². The van der Waals surface area contributed by atoms with Crippen molar-refractivity contribution in [3.8, 4) is 5.75 Å². The van der Waals surface area contributed by atoms with Crippen LogP contribution in [0.3, 0.4) is 0 Å². The van der Waals surface area contributed by atoms with Gasteiger partial charge in [0.05, 0.1) is 18.8 Å². The van der Waals surface area contributed by atoms with Crippen molar-refractivity contribution in [2.24, 2.45) is 5.92 Å². The van der Waals surface area contributed by atoms with Gasteiger partial charge in [-0.3, -0.25) is 0 Å². The zero-order chi connectivity index (χ0) is 14.4. The largest absolute Gasteiger partial charge is 0.497 e. The van der Waals surface area contributed by atoms with E-state index in [9.17, 15) is 0 Å². The number of hydrogen-bond acceptors (Lipinski definition) is 3. The number of methoxy groups -OCH3 is 1. The Morgan fingerprint density at radius 3 is 2.71 bits per heavy atom. The molecular weight excluding hydrogens is 262 g/mol. The molecule has 0 amide bonds. The molecule has 2 aromatic rings. The Kier molecular flexibility index (Phi) is 2.91. The van der Waals surface area contributed by atoms with E-state index < -0.39 is 0 Å². The van der Waals surface area contributed by atoms with E-state index in [0.29, 0.717) is 12.0 Å². The van der Waals surface area contributed by atoms with Gasteiger partial charge in [0, 0.05) is 18.5 Å². The second-order valence-corrected chi connectivity index (χ2v) is 6.22. The highest BCUT2D eigenvalue weighted by Gasteiger charge is 2.37. The molecule has 0 radical (unpaired) electrons. The van der Waals surface area contributed by atoms with Gasteiger partial charge >= 0.3 is 0 Å². The van der Waals surface area contributed by atoms with Gasteiger partial charge in [-0.1, -0.05) is 19.1 Å². The molecule has 110 valence electrons. The van der Waals surface area contributed by atoms with E-state index >= 15 is 0 Å². The normalized spacial score (nSPS) is 26.9. The minimum atomic E-state index is 0.329. The summed E-state index contributed by atoms with van der Waals surface area (Å²) >= 11 is 0. The van der Waals surface area contributed by atoms with Crippen LogP contribution < -0.4 is 10.1 Å². The molecule has 4 heteroatoms. The number of aromatic nitrogens is 2. The molecule has 0 saturated heterocycles. The van der Waals surface area contributed by atoms with Crippen LogP contribution in [0.1, 0.15) is 43.0 Å². The lowest BCUT2D eigenvalue weighted by Gasteiger charge is -2.26. The molecule has 1 aliphatic heterocycles. The van der Waals surface area contributed by atoms with Crippen LogP contribution >= 0.6 is 0 Å². The zero-order valence-electron chi connectivity index (χ0n) is 12.5. The predicted octanol–water partition coefficient (Wildman–Crippen LogP) is 3.42. The number of nitrogens with zero attached hydrogens (tertiary/aromatic N) is 2. The number of rotatable bonds is 3. The SMILES string of the molecule is COc1ccc(C2CCNc3cc(C4CC4C)nn32)cc1. The molecule has 1 saturated carbocycles.